The van der Waals surface area contributed by atoms with Crippen molar-refractivity contribution in [2.45, 2.75) is 30.6 Å². The minimum Gasteiger partial charge on any atom is -0.502 e. The van der Waals surface area contributed by atoms with Gasteiger partial charge in [-0.25, -0.2) is 0 Å². The van der Waals surface area contributed by atoms with Crippen LogP contribution in [-0.4, -0.2) is 27.8 Å². The Bertz CT molecular complexity index is 143. The van der Waals surface area contributed by atoms with Crippen molar-refractivity contribution in [1.82, 2.24) is 0 Å². The van der Waals surface area contributed by atoms with Gasteiger partial charge >= 0.3 is 0 Å². The molecule has 0 heterocycles. The lowest BCUT2D eigenvalue weighted by atomic mass is 10.5. The fourth-order valence-corrected chi connectivity index (χ4v) is 2.29. The minimum absolute atomic E-state index is 0.383. The van der Waals surface area contributed by atoms with Gasteiger partial charge in [0.2, 0.25) is 0 Å². The van der Waals surface area contributed by atoms with Gasteiger partial charge in [-0.1, -0.05) is 13.0 Å². The molecule has 0 radical (unpaired) electrons. The minimum atomic E-state index is -0.444. The van der Waals surface area contributed by atoms with E-state index in [2.05, 4.69) is 6.92 Å². The summed E-state index contributed by atoms with van der Waals surface area (Å²) in [6.45, 7) is 3.32. The van der Waals surface area contributed by atoms with E-state index in [4.69, 9.17) is 32.4 Å². The standard InChI is InChI=1S/C9H18Cl2O2Si/c1-2-3-5-12-6-4-7-14-13-8-9(10)11/h3,5,9H,2,4,6-8,14H2,1H3. The number of hydrogen-bond donors (Lipinski definition) is 0. The fraction of sp³-hybridized carbons (Fsp3) is 0.778. The second-order valence-electron chi connectivity index (χ2n) is 2.82. The molecule has 5 heteroatoms. The SMILES string of the molecule is CCC=COCCC[SiH2]OCC(Cl)Cl. The molecule has 0 spiro atoms. The predicted molar refractivity (Wildman–Crippen MR) is 64.8 cm³/mol. The van der Waals surface area contributed by atoms with Crippen LogP contribution in [0.25, 0.3) is 0 Å². The molecule has 0 saturated carbocycles. The Hall–Kier alpha value is 0.297. The van der Waals surface area contributed by atoms with Gasteiger partial charge in [0.05, 0.1) is 19.5 Å². The number of alkyl halides is 2. The number of halogens is 2. The highest BCUT2D eigenvalue weighted by molar-refractivity contribution is 6.44. The van der Waals surface area contributed by atoms with E-state index < -0.39 is 9.76 Å². The van der Waals surface area contributed by atoms with Crippen molar-refractivity contribution < 1.29 is 9.16 Å². The first-order chi connectivity index (χ1) is 6.77. The molecule has 0 aromatic heterocycles. The van der Waals surface area contributed by atoms with Gasteiger partial charge in [0.25, 0.3) is 0 Å². The van der Waals surface area contributed by atoms with Crippen molar-refractivity contribution >= 4 is 33.0 Å². The Labute approximate surface area is 98.5 Å². The Morgan fingerprint density at radius 3 is 2.86 bits per heavy atom. The van der Waals surface area contributed by atoms with Crippen LogP contribution in [-0.2, 0) is 9.16 Å². The van der Waals surface area contributed by atoms with Gasteiger partial charge in [-0.3, -0.25) is 0 Å². The number of ether oxygens (including phenoxy) is 1. The van der Waals surface area contributed by atoms with Crippen molar-refractivity contribution in [2.24, 2.45) is 0 Å². The zero-order valence-corrected chi connectivity index (χ0v) is 11.5. The summed E-state index contributed by atoms with van der Waals surface area (Å²) in [5.74, 6) is 0. The van der Waals surface area contributed by atoms with Crippen molar-refractivity contribution in [3.8, 4) is 0 Å². The number of allylic oxidation sites excluding steroid dienone is 1. The molecule has 0 unspecified atom stereocenters. The molecule has 0 amide bonds. The summed E-state index contributed by atoms with van der Waals surface area (Å²) in [6.07, 6.45) is 5.83. The van der Waals surface area contributed by atoms with E-state index in [0.29, 0.717) is 6.61 Å². The summed E-state index contributed by atoms with van der Waals surface area (Å²) in [5.41, 5.74) is 0. The summed E-state index contributed by atoms with van der Waals surface area (Å²) < 4.78 is 10.6. The molecule has 0 N–H and O–H groups in total. The van der Waals surface area contributed by atoms with Crippen molar-refractivity contribution in [2.75, 3.05) is 13.2 Å². The molecule has 0 rings (SSSR count). The van der Waals surface area contributed by atoms with Crippen molar-refractivity contribution in [3.63, 3.8) is 0 Å². The topological polar surface area (TPSA) is 18.5 Å². The number of hydrogen-bond acceptors (Lipinski definition) is 2. The van der Waals surface area contributed by atoms with Gasteiger partial charge in [-0.05, 0) is 18.9 Å². The van der Waals surface area contributed by atoms with Crippen LogP contribution in [0.3, 0.4) is 0 Å². The quantitative estimate of drug-likeness (QED) is 0.273. The first kappa shape index (κ1) is 14.3. The molecule has 0 aliphatic heterocycles. The van der Waals surface area contributed by atoms with E-state index in [9.17, 15) is 0 Å². The lowest BCUT2D eigenvalue weighted by molar-refractivity contribution is 0.246. The van der Waals surface area contributed by atoms with Crippen LogP contribution in [0.5, 0.6) is 0 Å². The summed E-state index contributed by atoms with van der Waals surface area (Å²) in [4.78, 5) is -0.383. The van der Waals surface area contributed by atoms with E-state index in [1.165, 1.54) is 0 Å². The second-order valence-corrected chi connectivity index (χ2v) is 5.62. The predicted octanol–water partition coefficient (Wildman–Crippen LogP) is 2.64. The summed E-state index contributed by atoms with van der Waals surface area (Å²) >= 11 is 11.0. The van der Waals surface area contributed by atoms with Gasteiger partial charge in [0, 0.05) is 0 Å². The molecule has 0 aliphatic carbocycles. The third kappa shape index (κ3) is 12.3. The molecule has 2 nitrogen and oxygen atoms in total. The number of rotatable bonds is 9. The van der Waals surface area contributed by atoms with Crippen LogP contribution in [0.1, 0.15) is 19.8 Å². The van der Waals surface area contributed by atoms with Crippen LogP contribution in [0.2, 0.25) is 6.04 Å². The maximum Gasteiger partial charge on any atom is 0.161 e. The van der Waals surface area contributed by atoms with Crippen LogP contribution >= 0.6 is 23.2 Å². The van der Waals surface area contributed by atoms with Crippen LogP contribution < -0.4 is 0 Å². The molecular formula is C9H18Cl2O2Si. The average molecular weight is 257 g/mol. The third-order valence-corrected chi connectivity index (χ3v) is 3.04. The molecule has 0 aromatic carbocycles. The molecule has 0 bridgehead atoms. The molecule has 0 atom stereocenters. The lowest BCUT2D eigenvalue weighted by Crippen LogP contribution is -2.06. The van der Waals surface area contributed by atoms with Crippen LogP contribution in [0.15, 0.2) is 12.3 Å². The summed E-state index contributed by atoms with van der Waals surface area (Å²) in [6, 6.07) is 1.11. The molecular weight excluding hydrogens is 239 g/mol. The van der Waals surface area contributed by atoms with Gasteiger partial charge in [-0.2, -0.15) is 0 Å². The van der Waals surface area contributed by atoms with E-state index in [-0.39, 0.29) is 4.84 Å². The molecule has 0 aliphatic rings. The van der Waals surface area contributed by atoms with E-state index in [1.807, 2.05) is 6.08 Å². The molecule has 14 heavy (non-hydrogen) atoms. The zero-order chi connectivity index (χ0) is 10.6. The Balaban J connectivity index is 2.95. The molecule has 0 fully saturated rings. The zero-order valence-electron chi connectivity index (χ0n) is 8.55. The van der Waals surface area contributed by atoms with Crippen LogP contribution in [0.4, 0.5) is 0 Å². The fourth-order valence-electron chi connectivity index (χ4n) is 0.794. The third-order valence-electron chi connectivity index (χ3n) is 1.47. The van der Waals surface area contributed by atoms with Gasteiger partial charge in [0.1, 0.15) is 4.84 Å². The highest BCUT2D eigenvalue weighted by Crippen LogP contribution is 2.01. The Morgan fingerprint density at radius 1 is 1.43 bits per heavy atom. The summed E-state index contributed by atoms with van der Waals surface area (Å²) in [7, 11) is -0.444. The van der Waals surface area contributed by atoms with Crippen molar-refractivity contribution in [3.05, 3.63) is 12.3 Å². The van der Waals surface area contributed by atoms with Gasteiger partial charge in [0.15, 0.2) is 9.76 Å². The Morgan fingerprint density at radius 2 is 2.21 bits per heavy atom. The lowest BCUT2D eigenvalue weighted by Gasteiger charge is -2.03. The molecule has 0 aromatic rings. The normalized spacial score (nSPS) is 12.3. The average Bonchev–Trinajstić information content (AvgIpc) is 2.15. The van der Waals surface area contributed by atoms with Gasteiger partial charge < -0.3 is 9.16 Å². The summed E-state index contributed by atoms with van der Waals surface area (Å²) in [5, 5.41) is 0. The molecule has 84 valence electrons. The highest BCUT2D eigenvalue weighted by Gasteiger charge is 1.97. The Kier molecular flexibility index (Phi) is 11.6. The van der Waals surface area contributed by atoms with Crippen molar-refractivity contribution in [1.29, 1.82) is 0 Å². The van der Waals surface area contributed by atoms with E-state index in [0.717, 1.165) is 25.5 Å². The largest absolute Gasteiger partial charge is 0.502 e. The maximum atomic E-state index is 5.50. The first-order valence-corrected chi connectivity index (χ1v) is 7.35. The first-order valence-electron chi connectivity index (χ1n) is 4.90. The second kappa shape index (κ2) is 11.4. The monoisotopic (exact) mass is 256 g/mol. The van der Waals surface area contributed by atoms with Crippen LogP contribution in [0, 0.1) is 0 Å². The van der Waals surface area contributed by atoms with Gasteiger partial charge in [-0.15, -0.1) is 23.2 Å². The van der Waals surface area contributed by atoms with E-state index >= 15 is 0 Å². The molecule has 0 saturated heterocycles. The smallest absolute Gasteiger partial charge is 0.161 e. The maximum absolute atomic E-state index is 5.50. The van der Waals surface area contributed by atoms with E-state index in [1.54, 1.807) is 6.26 Å². The highest BCUT2D eigenvalue weighted by atomic mass is 35.5.